The summed E-state index contributed by atoms with van der Waals surface area (Å²) in [6.07, 6.45) is 1.40. The number of pyridine rings is 1. The van der Waals surface area contributed by atoms with E-state index in [0.717, 1.165) is 6.42 Å². The summed E-state index contributed by atoms with van der Waals surface area (Å²) in [6, 6.07) is 2.58. The van der Waals surface area contributed by atoms with Gasteiger partial charge in [0.05, 0.1) is 0 Å². The van der Waals surface area contributed by atoms with E-state index < -0.39 is 17.9 Å². The molecule has 18 heavy (non-hydrogen) atoms. The van der Waals surface area contributed by atoms with Crippen molar-refractivity contribution in [2.24, 2.45) is 5.73 Å². The highest BCUT2D eigenvalue weighted by Crippen LogP contribution is 2.25. The van der Waals surface area contributed by atoms with Crippen molar-refractivity contribution in [2.45, 2.75) is 25.8 Å². The van der Waals surface area contributed by atoms with Gasteiger partial charge in [-0.05, 0) is 31.9 Å². The number of primary amides is 1. The third kappa shape index (κ3) is 2.27. The molecule has 2 heterocycles. The minimum Gasteiger partial charge on any atom is -0.480 e. The first-order chi connectivity index (χ1) is 8.49. The second-order valence-corrected chi connectivity index (χ2v) is 4.41. The quantitative estimate of drug-likeness (QED) is 0.815. The molecule has 6 nitrogen and oxygen atoms in total. The molecule has 1 amide bonds. The van der Waals surface area contributed by atoms with Crippen LogP contribution in [-0.4, -0.2) is 34.6 Å². The summed E-state index contributed by atoms with van der Waals surface area (Å²) in [4.78, 5) is 28.3. The molecule has 1 atom stereocenters. The highest BCUT2D eigenvalue weighted by Gasteiger charge is 2.31. The Labute approximate surface area is 104 Å². The fourth-order valence-corrected chi connectivity index (χ4v) is 2.24. The molecule has 6 heteroatoms. The molecule has 0 bridgehead atoms. The number of carbonyl (C=O) groups is 2. The van der Waals surface area contributed by atoms with Gasteiger partial charge >= 0.3 is 5.97 Å². The van der Waals surface area contributed by atoms with Gasteiger partial charge in [-0.2, -0.15) is 0 Å². The highest BCUT2D eigenvalue weighted by atomic mass is 16.4. The van der Waals surface area contributed by atoms with Crippen molar-refractivity contribution in [3.8, 4) is 0 Å². The molecule has 1 fully saturated rings. The van der Waals surface area contributed by atoms with E-state index in [1.54, 1.807) is 24.0 Å². The number of rotatable bonds is 3. The van der Waals surface area contributed by atoms with Gasteiger partial charge in [-0.15, -0.1) is 0 Å². The number of aromatic nitrogens is 1. The summed E-state index contributed by atoms with van der Waals surface area (Å²) in [5, 5.41) is 9.13. The van der Waals surface area contributed by atoms with Gasteiger partial charge in [0.15, 0.2) is 0 Å². The van der Waals surface area contributed by atoms with Crippen LogP contribution in [0.3, 0.4) is 0 Å². The lowest BCUT2D eigenvalue weighted by atomic mass is 10.2. The van der Waals surface area contributed by atoms with Crippen molar-refractivity contribution in [3.63, 3.8) is 0 Å². The Balaban J connectivity index is 2.38. The van der Waals surface area contributed by atoms with E-state index in [-0.39, 0.29) is 0 Å². The smallest absolute Gasteiger partial charge is 0.326 e. The van der Waals surface area contributed by atoms with Gasteiger partial charge < -0.3 is 15.7 Å². The highest BCUT2D eigenvalue weighted by molar-refractivity contribution is 5.93. The number of carboxylic acid groups (broad SMARTS) is 1. The molecule has 0 saturated carbocycles. The lowest BCUT2D eigenvalue weighted by Gasteiger charge is -2.23. The first-order valence-electron chi connectivity index (χ1n) is 5.77. The number of carbonyl (C=O) groups excluding carboxylic acids is 1. The molecule has 0 radical (unpaired) electrons. The second-order valence-electron chi connectivity index (χ2n) is 4.41. The van der Waals surface area contributed by atoms with Gasteiger partial charge in [0, 0.05) is 17.8 Å². The van der Waals surface area contributed by atoms with E-state index in [1.165, 1.54) is 0 Å². The van der Waals surface area contributed by atoms with Gasteiger partial charge in [0.1, 0.15) is 11.9 Å². The fraction of sp³-hybridized carbons (Fsp3) is 0.417. The van der Waals surface area contributed by atoms with E-state index in [1.807, 2.05) is 0 Å². The first kappa shape index (κ1) is 12.3. The number of aryl methyl sites for hydroxylation is 1. The van der Waals surface area contributed by atoms with Crippen LogP contribution in [0.2, 0.25) is 0 Å². The zero-order valence-corrected chi connectivity index (χ0v) is 10.1. The second kappa shape index (κ2) is 4.64. The first-order valence-corrected chi connectivity index (χ1v) is 5.77. The molecule has 3 N–H and O–H groups in total. The third-order valence-corrected chi connectivity index (χ3v) is 3.06. The molecule has 1 aromatic heterocycles. The van der Waals surface area contributed by atoms with Crippen LogP contribution in [-0.2, 0) is 4.79 Å². The van der Waals surface area contributed by atoms with Crippen molar-refractivity contribution < 1.29 is 14.7 Å². The summed E-state index contributed by atoms with van der Waals surface area (Å²) in [7, 11) is 0. The molecule has 0 aliphatic carbocycles. The standard InChI is InChI=1S/C12H15N3O3/c1-7-5-8(11(13)16)6-10(14-7)15-4-2-3-9(15)12(17)18/h5-6,9H,2-4H2,1H3,(H2,13,16)(H,17,18). The minimum atomic E-state index is -0.864. The van der Waals surface area contributed by atoms with Gasteiger partial charge in [-0.3, -0.25) is 4.79 Å². The Hall–Kier alpha value is -2.11. The van der Waals surface area contributed by atoms with E-state index in [2.05, 4.69) is 4.98 Å². The summed E-state index contributed by atoms with van der Waals surface area (Å²) in [5.74, 6) is -0.891. The van der Waals surface area contributed by atoms with Crippen molar-refractivity contribution >= 4 is 17.7 Å². The van der Waals surface area contributed by atoms with Crippen molar-refractivity contribution in [1.29, 1.82) is 0 Å². The number of amides is 1. The Morgan fingerprint density at radius 3 is 2.83 bits per heavy atom. The Morgan fingerprint density at radius 2 is 2.22 bits per heavy atom. The van der Waals surface area contributed by atoms with E-state index in [0.29, 0.717) is 30.0 Å². The molecule has 0 spiro atoms. The normalized spacial score (nSPS) is 18.9. The van der Waals surface area contributed by atoms with Crippen molar-refractivity contribution in [1.82, 2.24) is 4.98 Å². The van der Waals surface area contributed by atoms with Crippen LogP contribution < -0.4 is 10.6 Å². The number of nitrogens with zero attached hydrogens (tertiary/aromatic N) is 2. The predicted molar refractivity (Wildman–Crippen MR) is 65.5 cm³/mol. The molecular weight excluding hydrogens is 234 g/mol. The molecule has 1 aromatic rings. The molecular formula is C12H15N3O3. The summed E-state index contributed by atoms with van der Waals surface area (Å²) < 4.78 is 0. The van der Waals surface area contributed by atoms with Crippen molar-refractivity contribution in [2.75, 3.05) is 11.4 Å². The number of aliphatic carboxylic acids is 1. The van der Waals surface area contributed by atoms with Gasteiger partial charge in [0.25, 0.3) is 0 Å². The van der Waals surface area contributed by atoms with Crippen LogP contribution in [0.1, 0.15) is 28.9 Å². The van der Waals surface area contributed by atoms with E-state index in [9.17, 15) is 9.59 Å². The number of anilines is 1. The molecule has 2 rings (SSSR count). The van der Waals surface area contributed by atoms with Crippen LogP contribution in [0, 0.1) is 6.92 Å². The predicted octanol–water partition coefficient (Wildman–Crippen LogP) is 0.542. The molecule has 1 unspecified atom stereocenters. The maximum Gasteiger partial charge on any atom is 0.326 e. The minimum absolute atomic E-state index is 0.355. The molecule has 96 valence electrons. The summed E-state index contributed by atoms with van der Waals surface area (Å²) in [6.45, 7) is 2.38. The third-order valence-electron chi connectivity index (χ3n) is 3.06. The topological polar surface area (TPSA) is 96.5 Å². The maximum absolute atomic E-state index is 11.2. The Bertz CT molecular complexity index is 501. The lowest BCUT2D eigenvalue weighted by molar-refractivity contribution is -0.138. The van der Waals surface area contributed by atoms with Crippen molar-refractivity contribution in [3.05, 3.63) is 23.4 Å². The lowest BCUT2D eigenvalue weighted by Crippen LogP contribution is -2.36. The van der Waals surface area contributed by atoms with E-state index in [4.69, 9.17) is 10.8 Å². The summed E-state index contributed by atoms with van der Waals surface area (Å²) >= 11 is 0. The number of hydrogen-bond acceptors (Lipinski definition) is 4. The number of carboxylic acids is 1. The summed E-state index contributed by atoms with van der Waals surface area (Å²) in [5.41, 5.74) is 6.25. The van der Waals surface area contributed by atoms with E-state index >= 15 is 0 Å². The zero-order chi connectivity index (χ0) is 13.3. The fourth-order valence-electron chi connectivity index (χ4n) is 2.24. The van der Waals surface area contributed by atoms with Gasteiger partial charge in [0.2, 0.25) is 5.91 Å². The average Bonchev–Trinajstić information content (AvgIpc) is 2.76. The average molecular weight is 249 g/mol. The number of hydrogen-bond donors (Lipinski definition) is 2. The van der Waals surface area contributed by atoms with Crippen LogP contribution in [0.5, 0.6) is 0 Å². The monoisotopic (exact) mass is 249 g/mol. The zero-order valence-electron chi connectivity index (χ0n) is 10.1. The Kier molecular flexibility index (Phi) is 3.18. The Morgan fingerprint density at radius 1 is 1.50 bits per heavy atom. The van der Waals surface area contributed by atoms with Crippen LogP contribution in [0.25, 0.3) is 0 Å². The molecule has 1 aliphatic rings. The molecule has 0 aromatic carbocycles. The molecule has 1 saturated heterocycles. The van der Waals surface area contributed by atoms with Crippen LogP contribution >= 0.6 is 0 Å². The SMILES string of the molecule is Cc1cc(C(N)=O)cc(N2CCCC2C(=O)O)n1. The van der Waals surface area contributed by atoms with Crippen LogP contribution in [0.4, 0.5) is 5.82 Å². The van der Waals surface area contributed by atoms with Gasteiger partial charge in [-0.1, -0.05) is 0 Å². The van der Waals surface area contributed by atoms with Crippen LogP contribution in [0.15, 0.2) is 12.1 Å². The van der Waals surface area contributed by atoms with Gasteiger partial charge in [-0.25, -0.2) is 9.78 Å². The molecule has 1 aliphatic heterocycles. The largest absolute Gasteiger partial charge is 0.480 e. The number of nitrogens with two attached hydrogens (primary N) is 1. The maximum atomic E-state index is 11.2.